The van der Waals surface area contributed by atoms with E-state index in [9.17, 15) is 0 Å². The summed E-state index contributed by atoms with van der Waals surface area (Å²) in [5.41, 5.74) is 1.02. The van der Waals surface area contributed by atoms with Crippen LogP contribution in [0.15, 0.2) is 0 Å². The summed E-state index contributed by atoms with van der Waals surface area (Å²) in [6.07, 6.45) is 0. The molecule has 0 amide bonds. The van der Waals surface area contributed by atoms with Gasteiger partial charge in [0.15, 0.2) is 0 Å². The molecule has 0 N–H and O–H groups in total. The van der Waals surface area contributed by atoms with Gasteiger partial charge in [0.05, 0.1) is 0 Å². The predicted molar refractivity (Wildman–Crippen MR) is 31.2 cm³/mol. The van der Waals surface area contributed by atoms with Crippen LogP contribution < -0.4 is 0 Å². The molecule has 3 heteroatoms. The summed E-state index contributed by atoms with van der Waals surface area (Å²) in [7, 11) is 4.06. The van der Waals surface area contributed by atoms with E-state index < -0.39 is 0 Å². The van der Waals surface area contributed by atoms with Crippen molar-refractivity contribution in [3.63, 3.8) is 0 Å². The second-order valence-electron chi connectivity index (χ2n) is 0.296. The molecule has 0 aliphatic carbocycles. The Kier molecular flexibility index (Phi) is 5.30. The van der Waals surface area contributed by atoms with Crippen molar-refractivity contribution in [2.45, 2.75) is 0 Å². The molecule has 0 radical (unpaired) electrons. The summed E-state index contributed by atoms with van der Waals surface area (Å²) in [4.78, 5) is 0. The SMILES string of the molecule is PCSS. The minimum atomic E-state index is 1.02. The maximum Gasteiger partial charge on any atom is 0.0180 e. The Morgan fingerprint density at radius 2 is 2.25 bits per heavy atom. The minimum absolute atomic E-state index is 1.02. The van der Waals surface area contributed by atoms with E-state index in [0.717, 1.165) is 5.49 Å². The summed E-state index contributed by atoms with van der Waals surface area (Å²) in [6, 6.07) is 0. The largest absolute Gasteiger partial charge is 0.126 e. The molecular weight excluding hydrogens is 107 g/mol. The zero-order chi connectivity index (χ0) is 3.41. The molecule has 0 nitrogen and oxygen atoms in total. The summed E-state index contributed by atoms with van der Waals surface area (Å²) in [5.74, 6) is 0. The first-order chi connectivity index (χ1) is 1.91. The third kappa shape index (κ3) is 3.13. The van der Waals surface area contributed by atoms with E-state index in [4.69, 9.17) is 0 Å². The van der Waals surface area contributed by atoms with Crippen LogP contribution in [0.3, 0.4) is 0 Å². The average molecular weight is 112 g/mol. The van der Waals surface area contributed by atoms with Gasteiger partial charge >= 0.3 is 0 Å². The molecule has 0 bridgehead atoms. The normalized spacial score (nSPS) is 7.50. The molecule has 26 valence electrons. The Bertz CT molecular complexity index is 8.00. The van der Waals surface area contributed by atoms with Crippen molar-refractivity contribution < 1.29 is 0 Å². The minimum Gasteiger partial charge on any atom is -0.126 e. The fourth-order valence-electron chi connectivity index (χ4n) is 0. The molecule has 1 atom stereocenters. The van der Waals surface area contributed by atoms with Gasteiger partial charge in [-0.25, -0.2) is 0 Å². The first-order valence-corrected chi connectivity index (χ1v) is 3.73. The first kappa shape index (κ1) is 5.13. The van der Waals surface area contributed by atoms with Gasteiger partial charge in [0, 0.05) is 5.49 Å². The Hall–Kier alpha value is 1.13. The highest BCUT2D eigenvalue weighted by Gasteiger charge is 1.56. The van der Waals surface area contributed by atoms with Crippen molar-refractivity contribution in [1.29, 1.82) is 0 Å². The smallest absolute Gasteiger partial charge is 0.0180 e. The number of hydrogen-bond donors (Lipinski definition) is 1. The van der Waals surface area contributed by atoms with Crippen LogP contribution in [-0.4, -0.2) is 5.49 Å². The molecule has 0 aliphatic heterocycles. The summed E-state index contributed by atoms with van der Waals surface area (Å²) < 4.78 is 0. The maximum absolute atomic E-state index is 3.82. The van der Waals surface area contributed by atoms with Crippen LogP contribution in [0.1, 0.15) is 0 Å². The summed E-state index contributed by atoms with van der Waals surface area (Å²) in [6.45, 7) is 0. The molecule has 0 saturated heterocycles. The molecule has 0 heterocycles. The van der Waals surface area contributed by atoms with Gasteiger partial charge in [0.1, 0.15) is 0 Å². The van der Waals surface area contributed by atoms with E-state index in [1.807, 2.05) is 0 Å². The third-order valence-electron chi connectivity index (χ3n) is 0.0745. The van der Waals surface area contributed by atoms with Crippen molar-refractivity contribution in [1.82, 2.24) is 0 Å². The third-order valence-corrected chi connectivity index (χ3v) is 2.01. The fraction of sp³-hybridized carbons (Fsp3) is 1.00. The highest BCUT2D eigenvalue weighted by Crippen LogP contribution is 2.06. The van der Waals surface area contributed by atoms with Crippen molar-refractivity contribution in [2.24, 2.45) is 0 Å². The van der Waals surface area contributed by atoms with Gasteiger partial charge in [-0.05, 0) is 0 Å². The van der Waals surface area contributed by atoms with Crippen LogP contribution in [0.4, 0.5) is 0 Å². The zero-order valence-corrected chi connectivity index (χ0v) is 5.01. The van der Waals surface area contributed by atoms with Gasteiger partial charge < -0.3 is 0 Å². The molecule has 4 heavy (non-hydrogen) atoms. The Morgan fingerprint density at radius 1 is 2.00 bits per heavy atom. The molecule has 0 aromatic carbocycles. The maximum atomic E-state index is 3.82. The van der Waals surface area contributed by atoms with E-state index in [-0.39, 0.29) is 0 Å². The van der Waals surface area contributed by atoms with Gasteiger partial charge in [0.2, 0.25) is 0 Å². The van der Waals surface area contributed by atoms with E-state index in [1.54, 1.807) is 0 Å². The van der Waals surface area contributed by atoms with Crippen LogP contribution in [0.5, 0.6) is 0 Å². The summed E-state index contributed by atoms with van der Waals surface area (Å²) in [5, 5.41) is 0. The molecule has 0 aromatic heterocycles. The van der Waals surface area contributed by atoms with E-state index in [1.165, 1.54) is 10.8 Å². The summed E-state index contributed by atoms with van der Waals surface area (Å²) >= 11 is 3.82. The van der Waals surface area contributed by atoms with Gasteiger partial charge in [-0.2, -0.15) is 0 Å². The van der Waals surface area contributed by atoms with Crippen LogP contribution in [0, 0.1) is 0 Å². The zero-order valence-electron chi connectivity index (χ0n) is 2.14. The lowest BCUT2D eigenvalue weighted by Crippen LogP contribution is -1.33. The molecule has 0 aliphatic rings. The average Bonchev–Trinajstić information content (AvgIpc) is 1.37. The van der Waals surface area contributed by atoms with E-state index >= 15 is 0 Å². The Morgan fingerprint density at radius 3 is 2.25 bits per heavy atom. The molecule has 0 fully saturated rings. The monoisotopic (exact) mass is 112 g/mol. The van der Waals surface area contributed by atoms with Gasteiger partial charge in [0.25, 0.3) is 0 Å². The molecule has 0 spiro atoms. The van der Waals surface area contributed by atoms with Crippen molar-refractivity contribution >= 4 is 31.7 Å². The molecule has 0 saturated carbocycles. The number of rotatable bonds is 1. The van der Waals surface area contributed by atoms with Crippen LogP contribution >= 0.6 is 31.7 Å². The molecule has 1 unspecified atom stereocenters. The predicted octanol–water partition coefficient (Wildman–Crippen LogP) is 1.40. The van der Waals surface area contributed by atoms with Crippen LogP contribution in [0.2, 0.25) is 0 Å². The Balaban J connectivity index is 1.97. The second-order valence-corrected chi connectivity index (χ2v) is 2.66. The number of thiol groups is 1. The van der Waals surface area contributed by atoms with Crippen molar-refractivity contribution in [3.8, 4) is 0 Å². The van der Waals surface area contributed by atoms with E-state index in [2.05, 4.69) is 20.9 Å². The fourth-order valence-corrected chi connectivity index (χ4v) is 0. The quantitative estimate of drug-likeness (QED) is 0.304. The number of hydrogen-bond acceptors (Lipinski definition) is 2. The first-order valence-electron chi connectivity index (χ1n) is 0.879. The standard InChI is InChI=1S/CH5PS2/c2-1-4-3/h3H,1-2H2. The van der Waals surface area contributed by atoms with Gasteiger partial charge in [-0.15, -0.1) is 20.9 Å². The molecule has 0 rings (SSSR count). The lowest BCUT2D eigenvalue weighted by molar-refractivity contribution is 2.34. The Labute approximate surface area is 37.7 Å². The van der Waals surface area contributed by atoms with Crippen LogP contribution in [-0.2, 0) is 0 Å². The molecular formula is CH5PS2. The lowest BCUT2D eigenvalue weighted by atomic mass is 11.9. The van der Waals surface area contributed by atoms with Crippen molar-refractivity contribution in [2.75, 3.05) is 5.49 Å². The second kappa shape index (κ2) is 4.13. The van der Waals surface area contributed by atoms with Gasteiger partial charge in [-0.1, -0.05) is 10.8 Å². The van der Waals surface area contributed by atoms with Crippen molar-refractivity contribution in [3.05, 3.63) is 0 Å². The van der Waals surface area contributed by atoms with Crippen LogP contribution in [0.25, 0.3) is 0 Å². The van der Waals surface area contributed by atoms with E-state index in [0.29, 0.717) is 0 Å². The lowest BCUT2D eigenvalue weighted by Gasteiger charge is -1.68. The highest BCUT2D eigenvalue weighted by molar-refractivity contribution is 8.69. The van der Waals surface area contributed by atoms with Gasteiger partial charge in [-0.3, -0.25) is 0 Å². The molecule has 0 aromatic rings. The highest BCUT2D eigenvalue weighted by atomic mass is 33.1. The topological polar surface area (TPSA) is 0 Å².